The molecule has 1 saturated heterocycles. The maximum Gasteiger partial charge on any atom is 0.259 e. The molecule has 136 valence electrons. The Morgan fingerprint density at radius 2 is 2.15 bits per heavy atom. The summed E-state index contributed by atoms with van der Waals surface area (Å²) in [7, 11) is 1.50. The van der Waals surface area contributed by atoms with Crippen molar-refractivity contribution in [3.05, 3.63) is 47.7 Å². The van der Waals surface area contributed by atoms with Crippen LogP contribution in [-0.2, 0) is 11.3 Å². The van der Waals surface area contributed by atoms with Crippen LogP contribution in [0.4, 0.5) is 0 Å². The van der Waals surface area contributed by atoms with E-state index in [-0.39, 0.29) is 17.9 Å². The van der Waals surface area contributed by atoms with Crippen molar-refractivity contribution >= 4 is 11.8 Å². The van der Waals surface area contributed by atoms with Crippen LogP contribution in [0.1, 0.15) is 47.7 Å². The van der Waals surface area contributed by atoms with Gasteiger partial charge in [-0.2, -0.15) is 0 Å². The van der Waals surface area contributed by atoms with Crippen LogP contribution in [0.2, 0.25) is 0 Å². The van der Waals surface area contributed by atoms with Gasteiger partial charge in [0, 0.05) is 25.9 Å². The number of rotatable bonds is 5. The number of hydrogen-bond donors (Lipinski definition) is 1. The largest absolute Gasteiger partial charge is 0.480 e. The Kier molecular flexibility index (Phi) is 5.40. The number of amides is 2. The van der Waals surface area contributed by atoms with E-state index in [1.807, 2.05) is 0 Å². The van der Waals surface area contributed by atoms with Crippen LogP contribution in [0, 0.1) is 0 Å². The molecule has 3 rings (SSSR count). The number of ether oxygens (including phenoxy) is 1. The lowest BCUT2D eigenvalue weighted by Gasteiger charge is -2.24. The molecule has 1 aliphatic heterocycles. The molecule has 2 aromatic rings. The molecule has 2 aromatic heterocycles. The maximum absolute atomic E-state index is 13.0. The first-order valence-corrected chi connectivity index (χ1v) is 8.46. The van der Waals surface area contributed by atoms with E-state index in [2.05, 4.69) is 20.3 Å². The molecule has 3 heterocycles. The Labute approximate surface area is 151 Å². The van der Waals surface area contributed by atoms with Gasteiger partial charge in [0.15, 0.2) is 5.82 Å². The summed E-state index contributed by atoms with van der Waals surface area (Å²) in [4.78, 5) is 38.8. The highest BCUT2D eigenvalue weighted by atomic mass is 16.5. The highest BCUT2D eigenvalue weighted by molar-refractivity contribution is 5.96. The molecule has 1 N–H and O–H groups in total. The van der Waals surface area contributed by atoms with Crippen molar-refractivity contribution < 1.29 is 14.3 Å². The Bertz CT molecular complexity index is 811. The van der Waals surface area contributed by atoms with Crippen molar-refractivity contribution in [2.24, 2.45) is 0 Å². The molecular weight excluding hydrogens is 334 g/mol. The molecule has 1 atom stereocenters. The fourth-order valence-corrected chi connectivity index (χ4v) is 3.04. The van der Waals surface area contributed by atoms with Crippen molar-refractivity contribution in [1.82, 2.24) is 25.2 Å². The van der Waals surface area contributed by atoms with Crippen LogP contribution in [-0.4, -0.2) is 45.3 Å². The summed E-state index contributed by atoms with van der Waals surface area (Å²) in [6.45, 7) is 2.42. The number of carbonyl (C=O) groups excluding carboxylic acids is 2. The molecule has 1 fully saturated rings. The molecular formula is C18H21N5O3. The number of hydrogen-bond acceptors (Lipinski definition) is 6. The van der Waals surface area contributed by atoms with Gasteiger partial charge in [-0.15, -0.1) is 0 Å². The summed E-state index contributed by atoms with van der Waals surface area (Å²) in [5.41, 5.74) is 1.14. The van der Waals surface area contributed by atoms with Gasteiger partial charge in [-0.1, -0.05) is 0 Å². The molecule has 2 amide bonds. The van der Waals surface area contributed by atoms with E-state index in [1.54, 1.807) is 35.5 Å². The SMILES string of the molecule is COc1ncccc1C(=O)N1CCCC1c1nccc(CNC(C)=O)n1. The first-order valence-electron chi connectivity index (χ1n) is 8.46. The van der Waals surface area contributed by atoms with Gasteiger partial charge in [0.1, 0.15) is 5.56 Å². The van der Waals surface area contributed by atoms with Crippen molar-refractivity contribution in [3.63, 3.8) is 0 Å². The van der Waals surface area contributed by atoms with Crippen LogP contribution < -0.4 is 10.1 Å². The molecule has 0 radical (unpaired) electrons. The zero-order valence-electron chi connectivity index (χ0n) is 14.8. The lowest BCUT2D eigenvalue weighted by molar-refractivity contribution is -0.119. The Balaban J connectivity index is 1.83. The Morgan fingerprint density at radius 3 is 2.92 bits per heavy atom. The molecule has 1 aliphatic rings. The maximum atomic E-state index is 13.0. The van der Waals surface area contributed by atoms with Crippen molar-refractivity contribution in [2.75, 3.05) is 13.7 Å². The number of pyridine rings is 1. The number of nitrogens with zero attached hydrogens (tertiary/aromatic N) is 4. The molecule has 8 heteroatoms. The van der Waals surface area contributed by atoms with E-state index in [1.165, 1.54) is 14.0 Å². The third-order valence-corrected chi connectivity index (χ3v) is 4.26. The summed E-state index contributed by atoms with van der Waals surface area (Å²) in [5.74, 6) is 0.629. The highest BCUT2D eigenvalue weighted by Crippen LogP contribution is 2.32. The summed E-state index contributed by atoms with van der Waals surface area (Å²) >= 11 is 0. The van der Waals surface area contributed by atoms with Gasteiger partial charge in [0.25, 0.3) is 5.91 Å². The van der Waals surface area contributed by atoms with E-state index in [0.717, 1.165) is 12.8 Å². The third-order valence-electron chi connectivity index (χ3n) is 4.26. The normalized spacial score (nSPS) is 16.4. The molecule has 0 bridgehead atoms. The van der Waals surface area contributed by atoms with Crippen molar-refractivity contribution in [1.29, 1.82) is 0 Å². The molecule has 8 nitrogen and oxygen atoms in total. The topological polar surface area (TPSA) is 97.3 Å². The number of aromatic nitrogens is 3. The van der Waals surface area contributed by atoms with Crippen molar-refractivity contribution in [2.45, 2.75) is 32.4 Å². The fourth-order valence-electron chi connectivity index (χ4n) is 3.04. The van der Waals surface area contributed by atoms with E-state index in [0.29, 0.717) is 36.1 Å². The van der Waals surface area contributed by atoms with Crippen LogP contribution in [0.15, 0.2) is 30.6 Å². The van der Waals surface area contributed by atoms with E-state index in [4.69, 9.17) is 4.74 Å². The first kappa shape index (κ1) is 17.8. The molecule has 0 aromatic carbocycles. The van der Waals surface area contributed by atoms with Gasteiger partial charge in [-0.25, -0.2) is 15.0 Å². The van der Waals surface area contributed by atoms with E-state index in [9.17, 15) is 9.59 Å². The summed E-state index contributed by atoms with van der Waals surface area (Å²) in [6.07, 6.45) is 4.91. The molecule has 0 aliphatic carbocycles. The number of carbonyl (C=O) groups is 2. The minimum Gasteiger partial charge on any atom is -0.480 e. The summed E-state index contributed by atoms with van der Waals surface area (Å²) in [5, 5.41) is 2.72. The van der Waals surface area contributed by atoms with E-state index < -0.39 is 0 Å². The minimum atomic E-state index is -0.204. The number of nitrogens with one attached hydrogen (secondary N) is 1. The van der Waals surface area contributed by atoms with Gasteiger partial charge in [-0.3, -0.25) is 9.59 Å². The van der Waals surface area contributed by atoms with Crippen LogP contribution in [0.5, 0.6) is 5.88 Å². The first-order chi connectivity index (χ1) is 12.6. The molecule has 0 saturated carbocycles. The lowest BCUT2D eigenvalue weighted by atomic mass is 10.1. The van der Waals surface area contributed by atoms with Crippen LogP contribution in [0.25, 0.3) is 0 Å². The van der Waals surface area contributed by atoms with Crippen molar-refractivity contribution in [3.8, 4) is 5.88 Å². The molecule has 1 unspecified atom stereocenters. The number of methoxy groups -OCH3 is 1. The van der Waals surface area contributed by atoms with Crippen LogP contribution in [0.3, 0.4) is 0 Å². The second kappa shape index (κ2) is 7.90. The zero-order chi connectivity index (χ0) is 18.5. The Hall–Kier alpha value is -3.03. The third kappa shape index (κ3) is 3.79. The van der Waals surface area contributed by atoms with Gasteiger partial charge >= 0.3 is 0 Å². The smallest absolute Gasteiger partial charge is 0.259 e. The quantitative estimate of drug-likeness (QED) is 0.873. The van der Waals surface area contributed by atoms with Crippen LogP contribution >= 0.6 is 0 Å². The average molecular weight is 355 g/mol. The second-order valence-corrected chi connectivity index (χ2v) is 6.03. The lowest BCUT2D eigenvalue weighted by Crippen LogP contribution is -2.32. The summed E-state index contributed by atoms with van der Waals surface area (Å²) < 4.78 is 5.21. The van der Waals surface area contributed by atoms with E-state index >= 15 is 0 Å². The minimum absolute atomic E-state index is 0.119. The standard InChI is InChI=1S/C18H21N5O3/c1-12(24)21-11-13-7-9-19-16(22-13)15-6-4-10-23(15)18(25)14-5-3-8-20-17(14)26-2/h3,5,7-9,15H,4,6,10-11H2,1-2H3,(H,21,24). The van der Waals surface area contributed by atoms with Gasteiger partial charge in [-0.05, 0) is 31.0 Å². The zero-order valence-corrected chi connectivity index (χ0v) is 14.8. The monoisotopic (exact) mass is 355 g/mol. The Morgan fingerprint density at radius 1 is 1.31 bits per heavy atom. The fraction of sp³-hybridized carbons (Fsp3) is 0.389. The second-order valence-electron chi connectivity index (χ2n) is 6.03. The van der Waals surface area contributed by atoms with Gasteiger partial charge < -0.3 is 15.0 Å². The van der Waals surface area contributed by atoms with Gasteiger partial charge in [0.05, 0.1) is 25.4 Å². The molecule has 0 spiro atoms. The predicted octanol–water partition coefficient (Wildman–Crippen LogP) is 1.49. The molecule has 26 heavy (non-hydrogen) atoms. The van der Waals surface area contributed by atoms with Gasteiger partial charge in [0.2, 0.25) is 11.8 Å². The summed E-state index contributed by atoms with van der Waals surface area (Å²) in [6, 6.07) is 4.97. The average Bonchev–Trinajstić information content (AvgIpc) is 3.16. The predicted molar refractivity (Wildman–Crippen MR) is 93.4 cm³/mol. The number of likely N-dealkylation sites (tertiary alicyclic amines) is 1. The highest BCUT2D eigenvalue weighted by Gasteiger charge is 2.34.